The van der Waals surface area contributed by atoms with Gasteiger partial charge in [0.15, 0.2) is 0 Å². The maximum Gasteiger partial charge on any atom is 0.123 e. The van der Waals surface area contributed by atoms with Crippen molar-refractivity contribution in [1.82, 2.24) is 5.32 Å². The van der Waals surface area contributed by atoms with Crippen LogP contribution in [0.15, 0.2) is 53.0 Å². The molecule has 0 amide bonds. The molecule has 2 aromatic rings. The van der Waals surface area contributed by atoms with E-state index in [1.54, 1.807) is 12.1 Å². The van der Waals surface area contributed by atoms with Crippen LogP contribution in [0.2, 0.25) is 0 Å². The van der Waals surface area contributed by atoms with Crippen molar-refractivity contribution in [2.75, 3.05) is 7.05 Å². The molecule has 0 fully saturated rings. The fourth-order valence-corrected chi connectivity index (χ4v) is 2.44. The summed E-state index contributed by atoms with van der Waals surface area (Å²) in [5.74, 6) is -0.195. The van der Waals surface area contributed by atoms with Crippen molar-refractivity contribution < 1.29 is 4.39 Å². The van der Waals surface area contributed by atoms with Crippen LogP contribution >= 0.6 is 15.9 Å². The predicted molar refractivity (Wildman–Crippen MR) is 76.0 cm³/mol. The molecule has 0 bridgehead atoms. The first-order valence-corrected chi connectivity index (χ1v) is 6.66. The van der Waals surface area contributed by atoms with E-state index in [9.17, 15) is 4.39 Å². The van der Waals surface area contributed by atoms with Crippen LogP contribution in [-0.2, 0) is 6.42 Å². The minimum atomic E-state index is -0.195. The number of hydrogen-bond donors (Lipinski definition) is 1. The second-order valence-electron chi connectivity index (χ2n) is 4.19. The quantitative estimate of drug-likeness (QED) is 0.897. The lowest BCUT2D eigenvalue weighted by Gasteiger charge is -2.17. The van der Waals surface area contributed by atoms with Gasteiger partial charge in [-0.05, 0) is 42.8 Å². The van der Waals surface area contributed by atoms with Crippen molar-refractivity contribution in [3.63, 3.8) is 0 Å². The maximum atomic E-state index is 13.2. The van der Waals surface area contributed by atoms with Crippen molar-refractivity contribution in [3.8, 4) is 0 Å². The van der Waals surface area contributed by atoms with E-state index in [4.69, 9.17) is 0 Å². The van der Waals surface area contributed by atoms with Crippen LogP contribution in [0.4, 0.5) is 4.39 Å². The number of halogens is 2. The van der Waals surface area contributed by atoms with Gasteiger partial charge < -0.3 is 5.32 Å². The number of nitrogens with one attached hydrogen (secondary N) is 1. The van der Waals surface area contributed by atoms with Gasteiger partial charge in [-0.3, -0.25) is 0 Å². The second kappa shape index (κ2) is 6.12. The average Bonchev–Trinajstić information content (AvgIpc) is 2.38. The zero-order chi connectivity index (χ0) is 13.0. The molecular weight excluding hydrogens is 293 g/mol. The molecular formula is C15H15BrFN. The number of benzene rings is 2. The lowest BCUT2D eigenvalue weighted by molar-refractivity contribution is 0.576. The Morgan fingerprint density at radius 1 is 1.17 bits per heavy atom. The lowest BCUT2D eigenvalue weighted by Crippen LogP contribution is -2.19. The molecule has 0 aliphatic carbocycles. The summed E-state index contributed by atoms with van der Waals surface area (Å²) in [6.07, 6.45) is 0.821. The van der Waals surface area contributed by atoms with E-state index in [0.29, 0.717) is 0 Å². The minimum absolute atomic E-state index is 0.111. The highest BCUT2D eigenvalue weighted by atomic mass is 79.9. The Morgan fingerprint density at radius 3 is 2.61 bits per heavy atom. The Labute approximate surface area is 115 Å². The molecule has 18 heavy (non-hydrogen) atoms. The molecule has 2 aromatic carbocycles. The molecule has 2 rings (SSSR count). The van der Waals surface area contributed by atoms with E-state index >= 15 is 0 Å². The predicted octanol–water partition coefficient (Wildman–Crippen LogP) is 4.09. The van der Waals surface area contributed by atoms with Gasteiger partial charge in [-0.15, -0.1) is 0 Å². The number of rotatable bonds is 4. The first-order chi connectivity index (χ1) is 8.70. The largest absolute Gasteiger partial charge is 0.313 e. The lowest BCUT2D eigenvalue weighted by atomic mass is 9.99. The molecule has 1 atom stereocenters. The molecule has 0 saturated carbocycles. The van der Waals surface area contributed by atoms with E-state index in [-0.39, 0.29) is 11.9 Å². The van der Waals surface area contributed by atoms with Crippen LogP contribution in [0, 0.1) is 5.82 Å². The maximum absolute atomic E-state index is 13.2. The molecule has 0 aliphatic heterocycles. The van der Waals surface area contributed by atoms with Gasteiger partial charge in [-0.1, -0.05) is 46.3 Å². The summed E-state index contributed by atoms with van der Waals surface area (Å²) >= 11 is 3.54. The molecule has 94 valence electrons. The second-order valence-corrected chi connectivity index (χ2v) is 5.05. The van der Waals surface area contributed by atoms with E-state index in [1.165, 1.54) is 11.6 Å². The standard InChI is InChI=1S/C15H15BrFN/c1-18-15(12-6-4-7-13(17)9-12)10-11-5-2-3-8-14(11)16/h2-9,15,18H,10H2,1H3. The smallest absolute Gasteiger partial charge is 0.123 e. The first kappa shape index (κ1) is 13.2. The van der Waals surface area contributed by atoms with Gasteiger partial charge >= 0.3 is 0 Å². The van der Waals surface area contributed by atoms with Gasteiger partial charge in [0.2, 0.25) is 0 Å². The fraction of sp³-hybridized carbons (Fsp3) is 0.200. The van der Waals surface area contributed by atoms with Gasteiger partial charge in [-0.25, -0.2) is 4.39 Å². The summed E-state index contributed by atoms with van der Waals surface area (Å²) < 4.78 is 14.3. The SMILES string of the molecule is CNC(Cc1ccccc1Br)c1cccc(F)c1. The van der Waals surface area contributed by atoms with Gasteiger partial charge in [-0.2, -0.15) is 0 Å². The molecule has 1 N–H and O–H groups in total. The van der Waals surface area contributed by atoms with Crippen LogP contribution in [0.1, 0.15) is 17.2 Å². The highest BCUT2D eigenvalue weighted by molar-refractivity contribution is 9.10. The third-order valence-electron chi connectivity index (χ3n) is 2.98. The van der Waals surface area contributed by atoms with Crippen molar-refractivity contribution in [3.05, 3.63) is 69.9 Å². The highest BCUT2D eigenvalue weighted by Crippen LogP contribution is 2.23. The Bertz CT molecular complexity index is 527. The monoisotopic (exact) mass is 307 g/mol. The van der Waals surface area contributed by atoms with Gasteiger partial charge in [0, 0.05) is 10.5 Å². The number of likely N-dealkylation sites (N-methyl/N-ethyl adjacent to an activating group) is 1. The third kappa shape index (κ3) is 3.18. The van der Waals surface area contributed by atoms with E-state index in [1.807, 2.05) is 31.3 Å². The van der Waals surface area contributed by atoms with Crippen molar-refractivity contribution in [2.24, 2.45) is 0 Å². The van der Waals surface area contributed by atoms with Gasteiger partial charge in [0.05, 0.1) is 0 Å². The summed E-state index contributed by atoms with van der Waals surface area (Å²) in [6, 6.07) is 15.0. The summed E-state index contributed by atoms with van der Waals surface area (Å²) in [7, 11) is 1.90. The molecule has 0 aliphatic rings. The average molecular weight is 308 g/mol. The number of hydrogen-bond acceptors (Lipinski definition) is 1. The topological polar surface area (TPSA) is 12.0 Å². The molecule has 0 spiro atoms. The van der Waals surface area contributed by atoms with E-state index in [0.717, 1.165) is 16.5 Å². The van der Waals surface area contributed by atoms with E-state index < -0.39 is 0 Å². The summed E-state index contributed by atoms with van der Waals surface area (Å²) in [6.45, 7) is 0. The molecule has 0 aromatic heterocycles. The zero-order valence-corrected chi connectivity index (χ0v) is 11.7. The molecule has 1 unspecified atom stereocenters. The van der Waals surface area contributed by atoms with Crippen LogP contribution in [-0.4, -0.2) is 7.05 Å². The Balaban J connectivity index is 2.23. The fourth-order valence-electron chi connectivity index (χ4n) is 1.99. The van der Waals surface area contributed by atoms with Crippen LogP contribution in [0.3, 0.4) is 0 Å². The summed E-state index contributed by atoms with van der Waals surface area (Å²) in [5.41, 5.74) is 2.18. The van der Waals surface area contributed by atoms with Crippen molar-refractivity contribution >= 4 is 15.9 Å². The zero-order valence-electron chi connectivity index (χ0n) is 10.2. The molecule has 0 heterocycles. The van der Waals surface area contributed by atoms with Gasteiger partial charge in [0.25, 0.3) is 0 Å². The molecule has 3 heteroatoms. The van der Waals surface area contributed by atoms with Crippen LogP contribution < -0.4 is 5.32 Å². The molecule has 0 saturated heterocycles. The summed E-state index contributed by atoms with van der Waals surface area (Å²) in [4.78, 5) is 0. The highest BCUT2D eigenvalue weighted by Gasteiger charge is 2.12. The van der Waals surface area contributed by atoms with Crippen LogP contribution in [0.25, 0.3) is 0 Å². The minimum Gasteiger partial charge on any atom is -0.313 e. The Hall–Kier alpha value is -1.19. The Kier molecular flexibility index (Phi) is 4.50. The summed E-state index contributed by atoms with van der Waals surface area (Å²) in [5, 5.41) is 3.23. The van der Waals surface area contributed by atoms with Crippen molar-refractivity contribution in [2.45, 2.75) is 12.5 Å². The molecule has 1 nitrogen and oxygen atoms in total. The normalized spacial score (nSPS) is 12.4. The first-order valence-electron chi connectivity index (χ1n) is 5.87. The van der Waals surface area contributed by atoms with Gasteiger partial charge in [0.1, 0.15) is 5.82 Å². The van der Waals surface area contributed by atoms with Crippen molar-refractivity contribution in [1.29, 1.82) is 0 Å². The van der Waals surface area contributed by atoms with E-state index in [2.05, 4.69) is 27.3 Å². The molecule has 0 radical (unpaired) electrons. The third-order valence-corrected chi connectivity index (χ3v) is 3.75. The Morgan fingerprint density at radius 2 is 1.94 bits per heavy atom. The van der Waals surface area contributed by atoms with Crippen LogP contribution in [0.5, 0.6) is 0 Å².